The quantitative estimate of drug-likeness (QED) is 0.722. The van der Waals surface area contributed by atoms with Crippen molar-refractivity contribution in [3.63, 3.8) is 0 Å². The summed E-state index contributed by atoms with van der Waals surface area (Å²) >= 11 is 0. The standard InChI is InChI=1S/C12H22N2O3S/c1-11-5-8-13(9-6-11)18(16,17)14-7-3-2-4-12(14)10-15/h10-12H,2-9H2,1H3. The van der Waals surface area contributed by atoms with Crippen molar-refractivity contribution in [3.05, 3.63) is 0 Å². The first kappa shape index (κ1) is 14.0. The van der Waals surface area contributed by atoms with E-state index in [0.717, 1.165) is 32.0 Å². The smallest absolute Gasteiger partial charge is 0.282 e. The van der Waals surface area contributed by atoms with Gasteiger partial charge in [0.2, 0.25) is 0 Å². The molecule has 0 radical (unpaired) electrons. The summed E-state index contributed by atoms with van der Waals surface area (Å²) in [6.07, 6.45) is 5.06. The highest BCUT2D eigenvalue weighted by Gasteiger charge is 2.37. The zero-order valence-electron chi connectivity index (χ0n) is 10.9. The van der Waals surface area contributed by atoms with Crippen LogP contribution in [0.2, 0.25) is 0 Å². The molecular weight excluding hydrogens is 252 g/mol. The molecule has 0 aromatic rings. The van der Waals surface area contributed by atoms with Crippen LogP contribution in [0.5, 0.6) is 0 Å². The van der Waals surface area contributed by atoms with Gasteiger partial charge in [-0.2, -0.15) is 17.0 Å². The lowest BCUT2D eigenvalue weighted by molar-refractivity contribution is -0.111. The Morgan fingerprint density at radius 3 is 2.33 bits per heavy atom. The van der Waals surface area contributed by atoms with Crippen LogP contribution in [-0.2, 0) is 15.0 Å². The van der Waals surface area contributed by atoms with Gasteiger partial charge in [0.05, 0.1) is 6.04 Å². The Morgan fingerprint density at radius 1 is 1.06 bits per heavy atom. The second-order valence-electron chi connectivity index (χ2n) is 5.40. The van der Waals surface area contributed by atoms with E-state index in [1.807, 2.05) is 0 Å². The van der Waals surface area contributed by atoms with Crippen LogP contribution in [0.15, 0.2) is 0 Å². The first-order valence-electron chi connectivity index (χ1n) is 6.78. The molecule has 2 heterocycles. The predicted octanol–water partition coefficient (Wildman–Crippen LogP) is 1.02. The van der Waals surface area contributed by atoms with Crippen LogP contribution in [0.4, 0.5) is 0 Å². The lowest BCUT2D eigenvalue weighted by atomic mass is 10.0. The van der Waals surface area contributed by atoms with Gasteiger partial charge in [-0.05, 0) is 31.6 Å². The maximum atomic E-state index is 12.5. The Balaban J connectivity index is 2.11. The Morgan fingerprint density at radius 2 is 1.72 bits per heavy atom. The van der Waals surface area contributed by atoms with Gasteiger partial charge in [0.25, 0.3) is 10.2 Å². The molecule has 2 fully saturated rings. The second-order valence-corrected chi connectivity index (χ2v) is 7.28. The highest BCUT2D eigenvalue weighted by Crippen LogP contribution is 2.25. The lowest BCUT2D eigenvalue weighted by Crippen LogP contribution is -2.52. The number of nitrogens with zero attached hydrogens (tertiary/aromatic N) is 2. The van der Waals surface area contributed by atoms with E-state index in [0.29, 0.717) is 32.0 Å². The van der Waals surface area contributed by atoms with Crippen LogP contribution < -0.4 is 0 Å². The number of carbonyl (C=O) groups is 1. The van der Waals surface area contributed by atoms with Crippen molar-refractivity contribution in [2.75, 3.05) is 19.6 Å². The van der Waals surface area contributed by atoms with Gasteiger partial charge in [0.1, 0.15) is 6.29 Å². The molecule has 0 spiro atoms. The number of carbonyl (C=O) groups excluding carboxylic acids is 1. The summed E-state index contributed by atoms with van der Waals surface area (Å²) in [6.45, 7) is 3.81. The van der Waals surface area contributed by atoms with Gasteiger partial charge in [-0.15, -0.1) is 0 Å². The molecule has 104 valence electrons. The Hall–Kier alpha value is -0.460. The van der Waals surface area contributed by atoms with Gasteiger partial charge >= 0.3 is 0 Å². The van der Waals surface area contributed by atoms with Gasteiger partial charge in [0.15, 0.2) is 0 Å². The van der Waals surface area contributed by atoms with E-state index in [2.05, 4.69) is 6.92 Å². The summed E-state index contributed by atoms with van der Waals surface area (Å²) in [5.41, 5.74) is 0. The third kappa shape index (κ3) is 2.75. The van der Waals surface area contributed by atoms with Crippen LogP contribution in [0.3, 0.4) is 0 Å². The molecule has 18 heavy (non-hydrogen) atoms. The summed E-state index contributed by atoms with van der Waals surface area (Å²) in [7, 11) is -3.43. The minimum absolute atomic E-state index is 0.455. The van der Waals surface area contributed by atoms with E-state index < -0.39 is 16.3 Å². The molecule has 0 saturated carbocycles. The average Bonchev–Trinajstić information content (AvgIpc) is 2.39. The molecular formula is C12H22N2O3S. The Bertz CT molecular complexity index is 388. The van der Waals surface area contributed by atoms with Crippen molar-refractivity contribution < 1.29 is 13.2 Å². The van der Waals surface area contributed by atoms with E-state index in [9.17, 15) is 13.2 Å². The molecule has 1 unspecified atom stereocenters. The van der Waals surface area contributed by atoms with Gasteiger partial charge in [-0.1, -0.05) is 13.3 Å². The third-order valence-corrected chi connectivity index (χ3v) is 6.08. The average molecular weight is 274 g/mol. The largest absolute Gasteiger partial charge is 0.302 e. The topological polar surface area (TPSA) is 57.7 Å². The highest BCUT2D eigenvalue weighted by atomic mass is 32.2. The number of aldehydes is 1. The summed E-state index contributed by atoms with van der Waals surface area (Å²) in [4.78, 5) is 11.0. The second kappa shape index (κ2) is 5.67. The summed E-state index contributed by atoms with van der Waals surface area (Å²) in [5.74, 6) is 0.597. The van der Waals surface area contributed by atoms with E-state index in [-0.39, 0.29) is 0 Å². The highest BCUT2D eigenvalue weighted by molar-refractivity contribution is 7.86. The Kier molecular flexibility index (Phi) is 4.40. The maximum Gasteiger partial charge on any atom is 0.282 e. The molecule has 0 aromatic carbocycles. The van der Waals surface area contributed by atoms with Crippen molar-refractivity contribution in [3.8, 4) is 0 Å². The van der Waals surface area contributed by atoms with Crippen molar-refractivity contribution in [1.29, 1.82) is 0 Å². The Labute approximate surface area is 109 Å². The maximum absolute atomic E-state index is 12.5. The molecule has 0 N–H and O–H groups in total. The number of hydrogen-bond acceptors (Lipinski definition) is 3. The molecule has 0 aliphatic carbocycles. The van der Waals surface area contributed by atoms with Crippen LogP contribution in [0.1, 0.15) is 39.0 Å². The minimum Gasteiger partial charge on any atom is -0.302 e. The normalized spacial score (nSPS) is 29.3. The fourth-order valence-corrected chi connectivity index (χ4v) is 4.54. The molecule has 2 aliphatic rings. The van der Waals surface area contributed by atoms with Crippen LogP contribution in [0.25, 0.3) is 0 Å². The summed E-state index contributed by atoms with van der Waals surface area (Å²) in [5, 5.41) is 0. The number of piperidine rings is 2. The summed E-state index contributed by atoms with van der Waals surface area (Å²) in [6, 6.07) is -0.455. The van der Waals surface area contributed by atoms with E-state index in [4.69, 9.17) is 0 Å². The molecule has 2 saturated heterocycles. The van der Waals surface area contributed by atoms with Crippen molar-refractivity contribution in [1.82, 2.24) is 8.61 Å². The molecule has 0 amide bonds. The lowest BCUT2D eigenvalue weighted by Gasteiger charge is -2.37. The van der Waals surface area contributed by atoms with E-state index in [1.165, 1.54) is 4.31 Å². The van der Waals surface area contributed by atoms with Gasteiger partial charge in [-0.3, -0.25) is 0 Å². The zero-order chi connectivity index (χ0) is 13.2. The molecule has 2 aliphatic heterocycles. The van der Waals surface area contributed by atoms with Crippen LogP contribution in [-0.4, -0.2) is 49.0 Å². The molecule has 0 bridgehead atoms. The third-order valence-electron chi connectivity index (χ3n) is 4.02. The van der Waals surface area contributed by atoms with Crippen molar-refractivity contribution >= 4 is 16.5 Å². The molecule has 6 heteroatoms. The van der Waals surface area contributed by atoms with Crippen LogP contribution in [0, 0.1) is 5.92 Å². The molecule has 2 rings (SSSR count). The van der Waals surface area contributed by atoms with Gasteiger partial charge < -0.3 is 4.79 Å². The minimum atomic E-state index is -3.43. The summed E-state index contributed by atoms with van der Waals surface area (Å²) < 4.78 is 28.0. The molecule has 0 aromatic heterocycles. The predicted molar refractivity (Wildman–Crippen MR) is 69.3 cm³/mol. The van der Waals surface area contributed by atoms with E-state index in [1.54, 1.807) is 4.31 Å². The number of rotatable bonds is 3. The first-order chi connectivity index (χ1) is 8.55. The first-order valence-corrected chi connectivity index (χ1v) is 8.17. The zero-order valence-corrected chi connectivity index (χ0v) is 11.7. The van der Waals surface area contributed by atoms with Gasteiger partial charge in [0, 0.05) is 19.6 Å². The monoisotopic (exact) mass is 274 g/mol. The van der Waals surface area contributed by atoms with Gasteiger partial charge in [-0.25, -0.2) is 0 Å². The fraction of sp³-hybridized carbons (Fsp3) is 0.917. The van der Waals surface area contributed by atoms with Crippen molar-refractivity contribution in [2.45, 2.75) is 45.1 Å². The SMILES string of the molecule is CC1CCN(S(=O)(=O)N2CCCCC2C=O)CC1. The van der Waals surface area contributed by atoms with E-state index >= 15 is 0 Å². The number of hydrogen-bond donors (Lipinski definition) is 0. The van der Waals surface area contributed by atoms with Crippen LogP contribution >= 0.6 is 0 Å². The van der Waals surface area contributed by atoms with Crippen molar-refractivity contribution in [2.24, 2.45) is 5.92 Å². The fourth-order valence-electron chi connectivity index (χ4n) is 2.72. The molecule has 5 nitrogen and oxygen atoms in total. The molecule has 1 atom stereocenters.